The quantitative estimate of drug-likeness (QED) is 0.132. The molecule has 0 amide bonds. The van der Waals surface area contributed by atoms with Gasteiger partial charge in [0.15, 0.2) is 0 Å². The van der Waals surface area contributed by atoms with E-state index >= 15 is 0 Å². The minimum atomic E-state index is -0.0578. The molecule has 1 unspecified atom stereocenters. The number of aromatic nitrogens is 2. The van der Waals surface area contributed by atoms with Crippen molar-refractivity contribution in [1.82, 2.24) is 9.13 Å². The lowest BCUT2D eigenvalue weighted by atomic mass is 9.82. The molecule has 0 N–H and O–H groups in total. The molecule has 63 heavy (non-hydrogen) atoms. The summed E-state index contributed by atoms with van der Waals surface area (Å²) in [7, 11) is 0. The fourth-order valence-corrected chi connectivity index (χ4v) is 9.93. The molecule has 2 aliphatic rings. The van der Waals surface area contributed by atoms with Gasteiger partial charge in [-0.3, -0.25) is 0 Å². The van der Waals surface area contributed by atoms with E-state index in [0.29, 0.717) is 5.92 Å². The summed E-state index contributed by atoms with van der Waals surface area (Å²) in [6, 6.07) is 51.0. The number of anilines is 3. The van der Waals surface area contributed by atoms with Crippen molar-refractivity contribution in [3.8, 4) is 16.8 Å². The summed E-state index contributed by atoms with van der Waals surface area (Å²) in [5.41, 5.74) is 19.8. The van der Waals surface area contributed by atoms with Crippen LogP contribution in [0.5, 0.6) is 0 Å². The van der Waals surface area contributed by atoms with Gasteiger partial charge in [0.25, 0.3) is 0 Å². The van der Waals surface area contributed by atoms with Crippen LogP contribution in [0.25, 0.3) is 62.5 Å². The van der Waals surface area contributed by atoms with Crippen molar-refractivity contribution in [1.29, 1.82) is 0 Å². The third-order valence-corrected chi connectivity index (χ3v) is 12.9. The van der Waals surface area contributed by atoms with Crippen LogP contribution in [0.3, 0.4) is 0 Å². The Morgan fingerprint density at radius 3 is 2.13 bits per heavy atom. The van der Waals surface area contributed by atoms with Crippen molar-refractivity contribution in [2.75, 3.05) is 4.90 Å². The largest absolute Gasteiger partial charge is 0.313 e. The highest BCUT2D eigenvalue weighted by Crippen LogP contribution is 2.51. The molecule has 310 valence electrons. The van der Waals surface area contributed by atoms with Gasteiger partial charge in [-0.1, -0.05) is 155 Å². The second kappa shape index (κ2) is 16.8. The maximum absolute atomic E-state index is 3.95. The van der Waals surface area contributed by atoms with Gasteiger partial charge >= 0.3 is 0 Å². The molecule has 0 radical (unpaired) electrons. The molecule has 2 heterocycles. The van der Waals surface area contributed by atoms with Gasteiger partial charge in [-0.05, 0) is 121 Å². The van der Waals surface area contributed by atoms with Gasteiger partial charge in [-0.25, -0.2) is 0 Å². The molecule has 2 aromatic heterocycles. The van der Waals surface area contributed by atoms with Gasteiger partial charge in [0.1, 0.15) is 0 Å². The Morgan fingerprint density at radius 2 is 1.38 bits per heavy atom. The zero-order chi connectivity index (χ0) is 43.8. The third-order valence-electron chi connectivity index (χ3n) is 12.9. The van der Waals surface area contributed by atoms with Crippen molar-refractivity contribution < 1.29 is 0 Å². The van der Waals surface area contributed by atoms with Gasteiger partial charge in [0.05, 0.1) is 16.7 Å². The first kappa shape index (κ1) is 41.0. The van der Waals surface area contributed by atoms with Crippen molar-refractivity contribution in [2.24, 2.45) is 0 Å². The Labute approximate surface area is 373 Å². The predicted molar refractivity (Wildman–Crippen MR) is 274 cm³/mol. The molecule has 6 aromatic carbocycles. The summed E-state index contributed by atoms with van der Waals surface area (Å²) in [5, 5.41) is 2.47. The molecule has 10 rings (SSSR count). The van der Waals surface area contributed by atoms with Gasteiger partial charge in [-0.2, -0.15) is 0 Å². The minimum absolute atomic E-state index is 0.0578. The first-order valence-electron chi connectivity index (χ1n) is 22.1. The number of aryl methyl sites for hydroxylation is 1. The fourth-order valence-electron chi connectivity index (χ4n) is 9.93. The number of para-hydroxylation sites is 2. The molecular weight excluding hydrogens is 763 g/mol. The van der Waals surface area contributed by atoms with Crippen LogP contribution < -0.4 is 4.90 Å². The Hall–Kier alpha value is -7.36. The monoisotopic (exact) mass is 817 g/mol. The molecular formula is C60H55N3. The summed E-state index contributed by atoms with van der Waals surface area (Å²) < 4.78 is 4.66. The molecule has 3 nitrogen and oxygen atoms in total. The number of rotatable bonds is 9. The molecule has 8 aromatic rings. The zero-order valence-electron chi connectivity index (χ0n) is 37.1. The lowest BCUT2D eigenvalue weighted by molar-refractivity contribution is 0.660. The Bertz CT molecular complexity index is 3140. The first-order valence-corrected chi connectivity index (χ1v) is 22.1. The fraction of sp³-hybridized carbons (Fsp3) is 0.133. The second-order valence-electron chi connectivity index (χ2n) is 17.2. The first-order chi connectivity index (χ1) is 30.7. The molecule has 0 saturated carbocycles. The van der Waals surface area contributed by atoms with E-state index in [0.717, 1.165) is 28.9 Å². The SMILES string of the molecule is C=C/C=C(\C=C/C)n1c(C=C)c(C=C)c2ccccc21.Cc1ccc(N(c2ccc3c(c2)C(C)(C)c2ccccc2-3)c2ccc3c(c2)c2c(n3-c3ccccc3)C(C)CC=C2)cc1. The van der Waals surface area contributed by atoms with Crippen LogP contribution in [-0.2, 0) is 5.41 Å². The van der Waals surface area contributed by atoms with E-state index in [4.69, 9.17) is 0 Å². The number of fused-ring (bicyclic) bond motifs is 7. The number of allylic oxidation sites excluding steroid dienone is 6. The molecule has 0 aliphatic heterocycles. The van der Waals surface area contributed by atoms with E-state index in [9.17, 15) is 0 Å². The molecule has 0 bridgehead atoms. The zero-order valence-corrected chi connectivity index (χ0v) is 37.1. The number of hydrogen-bond acceptors (Lipinski definition) is 1. The van der Waals surface area contributed by atoms with Crippen LogP contribution in [0.15, 0.2) is 190 Å². The summed E-state index contributed by atoms with van der Waals surface area (Å²) >= 11 is 0. The Morgan fingerprint density at radius 1 is 0.698 bits per heavy atom. The van der Waals surface area contributed by atoms with Gasteiger partial charge in [0.2, 0.25) is 0 Å². The second-order valence-corrected chi connectivity index (χ2v) is 17.2. The van der Waals surface area contributed by atoms with Crippen LogP contribution in [0.1, 0.15) is 79.2 Å². The van der Waals surface area contributed by atoms with E-state index in [1.165, 1.54) is 78.1 Å². The van der Waals surface area contributed by atoms with E-state index in [2.05, 4.69) is 207 Å². The predicted octanol–water partition coefficient (Wildman–Crippen LogP) is 16.8. The van der Waals surface area contributed by atoms with Crippen molar-refractivity contribution in [3.05, 3.63) is 229 Å². The average Bonchev–Trinajstić information content (AvgIpc) is 3.90. The smallest absolute Gasteiger partial charge is 0.0541 e. The third kappa shape index (κ3) is 7.04. The number of benzene rings is 6. The average molecular weight is 818 g/mol. The maximum Gasteiger partial charge on any atom is 0.0541 e. The molecule has 3 heteroatoms. The Kier molecular flexibility index (Phi) is 11.0. The van der Waals surface area contributed by atoms with Crippen LogP contribution in [0, 0.1) is 6.92 Å². The van der Waals surface area contributed by atoms with Crippen molar-refractivity contribution in [2.45, 2.75) is 52.4 Å². The highest BCUT2D eigenvalue weighted by molar-refractivity contribution is 5.98. The molecule has 0 spiro atoms. The standard InChI is InChI=1S/C41H36N2.C19H19N/c1-27-17-19-30(20-18-27)42(32-21-23-34-33-14-8-9-16-37(33)41(3,4)38(34)26-32)31-22-24-39-36(25-31)35-15-10-11-28(2)40(35)43(39)29-12-6-5-7-13-29;1-5-11-15(12-6-2)20-18(8-4)16(7-3)17-13-9-10-14-19(17)20/h5-10,12-26,28H,11H2,1-4H3;5-14H,1,3-4H2,2H3/b;12-6-,15-11+. The summed E-state index contributed by atoms with van der Waals surface area (Å²) in [5.74, 6) is 0.449. The lowest BCUT2D eigenvalue weighted by Crippen LogP contribution is -2.16. The number of hydrogen-bond donors (Lipinski definition) is 0. The molecule has 0 fully saturated rings. The van der Waals surface area contributed by atoms with Gasteiger partial charge in [-0.15, -0.1) is 0 Å². The van der Waals surface area contributed by atoms with Crippen LogP contribution >= 0.6 is 0 Å². The minimum Gasteiger partial charge on any atom is -0.313 e. The molecule has 1 atom stereocenters. The maximum atomic E-state index is 3.95. The van der Waals surface area contributed by atoms with E-state index in [1.54, 1.807) is 6.08 Å². The molecule has 0 saturated heterocycles. The van der Waals surface area contributed by atoms with Crippen LogP contribution in [0.4, 0.5) is 17.1 Å². The highest BCUT2D eigenvalue weighted by atomic mass is 15.1. The van der Waals surface area contributed by atoms with Gasteiger partial charge < -0.3 is 14.0 Å². The molecule has 2 aliphatic carbocycles. The van der Waals surface area contributed by atoms with Crippen molar-refractivity contribution in [3.63, 3.8) is 0 Å². The van der Waals surface area contributed by atoms with Crippen LogP contribution in [-0.4, -0.2) is 9.13 Å². The van der Waals surface area contributed by atoms with Crippen LogP contribution in [0.2, 0.25) is 0 Å². The topological polar surface area (TPSA) is 13.1 Å². The van der Waals surface area contributed by atoms with Crippen molar-refractivity contribution >= 4 is 62.8 Å². The van der Waals surface area contributed by atoms with E-state index < -0.39 is 0 Å². The summed E-state index contributed by atoms with van der Waals surface area (Å²) in [6.07, 6.45) is 17.4. The highest BCUT2D eigenvalue weighted by Gasteiger charge is 2.36. The summed E-state index contributed by atoms with van der Waals surface area (Å²) in [4.78, 5) is 2.43. The Balaban J connectivity index is 0.000000212. The lowest BCUT2D eigenvalue weighted by Gasteiger charge is -2.28. The normalized spacial score (nSPS) is 14.8. The number of nitrogens with zero attached hydrogens (tertiary/aromatic N) is 3. The summed E-state index contributed by atoms with van der Waals surface area (Å²) in [6.45, 7) is 22.9. The van der Waals surface area contributed by atoms with Gasteiger partial charge in [0, 0.05) is 67.4 Å². The van der Waals surface area contributed by atoms with E-state index in [1.807, 2.05) is 43.4 Å². The van der Waals surface area contributed by atoms with E-state index in [-0.39, 0.29) is 5.41 Å².